The number of hydrogen-bond donors (Lipinski definition) is 0. The van der Waals surface area contributed by atoms with Gasteiger partial charge >= 0.3 is 0 Å². The molecule has 1 aliphatic rings. The third-order valence-electron chi connectivity index (χ3n) is 3.65. The molecule has 1 heterocycles. The first-order valence-corrected chi connectivity index (χ1v) is 6.81. The third kappa shape index (κ3) is 3.69. The van der Waals surface area contributed by atoms with Gasteiger partial charge in [0.1, 0.15) is 5.78 Å². The molecule has 0 aromatic carbocycles. The number of nitrogens with zero attached hydrogens (tertiary/aromatic N) is 2. The van der Waals surface area contributed by atoms with Gasteiger partial charge in [0, 0.05) is 25.6 Å². The van der Waals surface area contributed by atoms with E-state index in [-0.39, 0.29) is 0 Å². The number of ketones is 1. The number of carbonyl (C=O) groups excluding carboxylic acids is 1. The summed E-state index contributed by atoms with van der Waals surface area (Å²) in [6.07, 6.45) is 11.6. The van der Waals surface area contributed by atoms with Crippen LogP contribution in [-0.4, -0.2) is 15.6 Å². The zero-order chi connectivity index (χ0) is 12.1. The van der Waals surface area contributed by atoms with Gasteiger partial charge in [-0.3, -0.25) is 9.48 Å². The maximum absolute atomic E-state index is 11.9. The first-order chi connectivity index (χ1) is 8.28. The summed E-state index contributed by atoms with van der Waals surface area (Å²) < 4.78 is 1.88. The van der Waals surface area contributed by atoms with E-state index in [1.807, 2.05) is 17.1 Å². The summed E-state index contributed by atoms with van der Waals surface area (Å²) in [5.41, 5.74) is 1.06. The van der Waals surface area contributed by atoms with Crippen molar-refractivity contribution >= 4 is 5.78 Å². The van der Waals surface area contributed by atoms with Gasteiger partial charge in [-0.2, -0.15) is 5.10 Å². The quantitative estimate of drug-likeness (QED) is 0.785. The number of Topliss-reactive ketones (excluding diaryl/α,β-unsaturated/α-hetero) is 1. The monoisotopic (exact) mass is 234 g/mol. The van der Waals surface area contributed by atoms with E-state index in [4.69, 9.17) is 0 Å². The second-order valence-corrected chi connectivity index (χ2v) is 5.13. The van der Waals surface area contributed by atoms with Gasteiger partial charge in [-0.1, -0.05) is 32.1 Å². The van der Waals surface area contributed by atoms with E-state index in [0.717, 1.165) is 18.5 Å². The minimum absolute atomic E-state index is 0.382. The predicted octanol–water partition coefficient (Wildman–Crippen LogP) is 2.99. The normalized spacial score (nSPS) is 17.2. The Morgan fingerprint density at radius 1 is 1.41 bits per heavy atom. The molecule has 17 heavy (non-hydrogen) atoms. The predicted molar refractivity (Wildman–Crippen MR) is 67.8 cm³/mol. The van der Waals surface area contributed by atoms with Crippen LogP contribution in [0.2, 0.25) is 0 Å². The highest BCUT2D eigenvalue weighted by molar-refractivity contribution is 5.80. The average Bonchev–Trinajstić information content (AvgIpc) is 2.78. The molecule has 0 atom stereocenters. The summed E-state index contributed by atoms with van der Waals surface area (Å²) in [4.78, 5) is 11.9. The Hall–Kier alpha value is -1.12. The van der Waals surface area contributed by atoms with Gasteiger partial charge < -0.3 is 0 Å². The SMILES string of the molecule is CCn1cc(CC(=O)CC2CCCCC2)cn1. The molecule has 3 nitrogen and oxygen atoms in total. The molecule has 2 rings (SSSR count). The van der Waals surface area contributed by atoms with Crippen LogP contribution < -0.4 is 0 Å². The van der Waals surface area contributed by atoms with Crippen molar-refractivity contribution < 1.29 is 4.79 Å². The maximum atomic E-state index is 11.9. The van der Waals surface area contributed by atoms with Crippen molar-refractivity contribution in [2.45, 2.75) is 58.4 Å². The molecule has 1 aliphatic carbocycles. The van der Waals surface area contributed by atoms with Gasteiger partial charge in [-0.25, -0.2) is 0 Å². The van der Waals surface area contributed by atoms with Crippen molar-refractivity contribution in [2.75, 3.05) is 0 Å². The summed E-state index contributed by atoms with van der Waals surface area (Å²) in [7, 11) is 0. The summed E-state index contributed by atoms with van der Waals surface area (Å²) >= 11 is 0. The zero-order valence-corrected chi connectivity index (χ0v) is 10.7. The van der Waals surface area contributed by atoms with E-state index >= 15 is 0 Å². The number of aryl methyl sites for hydroxylation is 1. The fourth-order valence-electron chi connectivity index (χ4n) is 2.68. The number of aromatic nitrogens is 2. The van der Waals surface area contributed by atoms with Gasteiger partial charge in [0.25, 0.3) is 0 Å². The van der Waals surface area contributed by atoms with Crippen molar-refractivity contribution in [3.05, 3.63) is 18.0 Å². The fraction of sp³-hybridized carbons (Fsp3) is 0.714. The Bertz CT molecular complexity index is 364. The summed E-state index contributed by atoms with van der Waals surface area (Å²) in [6, 6.07) is 0. The van der Waals surface area contributed by atoms with E-state index in [9.17, 15) is 4.79 Å². The first kappa shape index (κ1) is 12.3. The molecule has 0 N–H and O–H groups in total. The van der Waals surface area contributed by atoms with Crippen LogP contribution in [0, 0.1) is 5.92 Å². The highest BCUT2D eigenvalue weighted by atomic mass is 16.1. The summed E-state index contributed by atoms with van der Waals surface area (Å²) in [5, 5.41) is 4.20. The largest absolute Gasteiger partial charge is 0.299 e. The second kappa shape index (κ2) is 5.99. The highest BCUT2D eigenvalue weighted by Crippen LogP contribution is 2.26. The standard InChI is InChI=1S/C14H22N2O/c1-2-16-11-13(10-15-16)9-14(17)8-12-6-4-3-5-7-12/h10-12H,2-9H2,1H3. The molecule has 0 aliphatic heterocycles. The molecule has 0 radical (unpaired) electrons. The van der Waals surface area contributed by atoms with Crippen LogP contribution in [0.5, 0.6) is 0 Å². The molecule has 1 aromatic heterocycles. The van der Waals surface area contributed by atoms with E-state index in [1.165, 1.54) is 32.1 Å². The van der Waals surface area contributed by atoms with Crippen LogP contribution in [-0.2, 0) is 17.8 Å². The molecule has 1 fully saturated rings. The van der Waals surface area contributed by atoms with E-state index in [0.29, 0.717) is 18.1 Å². The number of rotatable bonds is 5. The van der Waals surface area contributed by atoms with Crippen LogP contribution >= 0.6 is 0 Å². The van der Waals surface area contributed by atoms with Crippen LogP contribution in [0.25, 0.3) is 0 Å². The van der Waals surface area contributed by atoms with Gasteiger partial charge in [0.05, 0.1) is 6.20 Å². The Morgan fingerprint density at radius 2 is 2.18 bits per heavy atom. The Labute approximate surface area is 103 Å². The highest BCUT2D eigenvalue weighted by Gasteiger charge is 2.17. The van der Waals surface area contributed by atoms with Crippen molar-refractivity contribution in [3.8, 4) is 0 Å². The van der Waals surface area contributed by atoms with E-state index in [1.54, 1.807) is 0 Å². The smallest absolute Gasteiger partial charge is 0.137 e. The lowest BCUT2D eigenvalue weighted by atomic mass is 9.85. The molecule has 1 aromatic rings. The lowest BCUT2D eigenvalue weighted by molar-refractivity contribution is -0.119. The molecule has 1 saturated carbocycles. The molecule has 0 spiro atoms. The third-order valence-corrected chi connectivity index (χ3v) is 3.65. The fourth-order valence-corrected chi connectivity index (χ4v) is 2.68. The first-order valence-electron chi connectivity index (χ1n) is 6.81. The average molecular weight is 234 g/mol. The van der Waals surface area contributed by atoms with Crippen molar-refractivity contribution in [1.82, 2.24) is 9.78 Å². The minimum atomic E-state index is 0.382. The molecule has 3 heteroatoms. The van der Waals surface area contributed by atoms with Crippen LogP contribution in [0.15, 0.2) is 12.4 Å². The number of carbonyl (C=O) groups is 1. The van der Waals surface area contributed by atoms with Crippen molar-refractivity contribution in [1.29, 1.82) is 0 Å². The van der Waals surface area contributed by atoms with Crippen LogP contribution in [0.4, 0.5) is 0 Å². The molecular formula is C14H22N2O. The van der Waals surface area contributed by atoms with Gasteiger partial charge in [0.15, 0.2) is 0 Å². The van der Waals surface area contributed by atoms with Crippen LogP contribution in [0.1, 0.15) is 51.0 Å². The maximum Gasteiger partial charge on any atom is 0.137 e. The van der Waals surface area contributed by atoms with Crippen molar-refractivity contribution in [3.63, 3.8) is 0 Å². The molecule has 0 amide bonds. The second-order valence-electron chi connectivity index (χ2n) is 5.13. The molecular weight excluding hydrogens is 212 g/mol. The van der Waals surface area contributed by atoms with E-state index in [2.05, 4.69) is 12.0 Å². The minimum Gasteiger partial charge on any atom is -0.299 e. The molecule has 0 bridgehead atoms. The Balaban J connectivity index is 1.79. The molecule has 0 unspecified atom stereocenters. The van der Waals surface area contributed by atoms with Crippen LogP contribution in [0.3, 0.4) is 0 Å². The van der Waals surface area contributed by atoms with Gasteiger partial charge in [-0.05, 0) is 18.4 Å². The van der Waals surface area contributed by atoms with Crippen molar-refractivity contribution in [2.24, 2.45) is 5.92 Å². The Kier molecular flexibility index (Phi) is 4.35. The lowest BCUT2D eigenvalue weighted by Gasteiger charge is -2.20. The molecule has 0 saturated heterocycles. The Morgan fingerprint density at radius 3 is 2.82 bits per heavy atom. The number of hydrogen-bond acceptors (Lipinski definition) is 2. The lowest BCUT2D eigenvalue weighted by Crippen LogP contribution is -2.13. The van der Waals surface area contributed by atoms with E-state index < -0.39 is 0 Å². The van der Waals surface area contributed by atoms with Gasteiger partial charge in [0.2, 0.25) is 0 Å². The molecule has 94 valence electrons. The van der Waals surface area contributed by atoms with Gasteiger partial charge in [-0.15, -0.1) is 0 Å². The summed E-state index contributed by atoms with van der Waals surface area (Å²) in [6.45, 7) is 2.93. The summed E-state index contributed by atoms with van der Waals surface area (Å²) in [5.74, 6) is 1.03. The zero-order valence-electron chi connectivity index (χ0n) is 10.7. The topological polar surface area (TPSA) is 34.9 Å².